The first-order chi connectivity index (χ1) is 13.6. The van der Waals surface area contributed by atoms with E-state index in [0.29, 0.717) is 13.0 Å². The van der Waals surface area contributed by atoms with Crippen LogP contribution in [0.15, 0.2) is 48.5 Å². The van der Waals surface area contributed by atoms with Crippen LogP contribution in [0.2, 0.25) is 0 Å². The van der Waals surface area contributed by atoms with Gasteiger partial charge in [-0.05, 0) is 42.4 Å². The maximum Gasteiger partial charge on any atom is 0.227 e. The predicted molar refractivity (Wildman–Crippen MR) is 111 cm³/mol. The highest BCUT2D eigenvalue weighted by molar-refractivity contribution is 5.79. The van der Waals surface area contributed by atoms with Gasteiger partial charge in [-0.3, -0.25) is 4.79 Å². The van der Waals surface area contributed by atoms with Gasteiger partial charge in [-0.15, -0.1) is 0 Å². The van der Waals surface area contributed by atoms with Gasteiger partial charge in [-0.25, -0.2) is 0 Å². The van der Waals surface area contributed by atoms with Crippen LogP contribution in [0, 0.1) is 0 Å². The summed E-state index contributed by atoms with van der Waals surface area (Å²) in [5, 5.41) is 13.0. The first-order valence-corrected chi connectivity index (χ1v) is 9.63. The summed E-state index contributed by atoms with van der Waals surface area (Å²) < 4.78 is 5.17. The lowest BCUT2D eigenvalue weighted by molar-refractivity contribution is -0.136. The number of piperazine rings is 1. The van der Waals surface area contributed by atoms with Gasteiger partial charge >= 0.3 is 0 Å². The van der Waals surface area contributed by atoms with Crippen molar-refractivity contribution in [2.24, 2.45) is 0 Å². The lowest BCUT2D eigenvalue weighted by Crippen LogP contribution is -2.55. The maximum atomic E-state index is 12.7. The minimum Gasteiger partial charge on any atom is -0.497 e. The quantitative estimate of drug-likeness (QED) is 0.766. The number of rotatable bonds is 7. The van der Waals surface area contributed by atoms with Crippen LogP contribution in [0.5, 0.6) is 5.75 Å². The summed E-state index contributed by atoms with van der Waals surface area (Å²) >= 11 is 0. The Bertz CT molecular complexity index is 762. The number of nitrogens with zero attached hydrogens (tertiary/aromatic N) is 2. The van der Waals surface area contributed by atoms with E-state index in [0.717, 1.165) is 36.6 Å². The van der Waals surface area contributed by atoms with Gasteiger partial charge in [-0.2, -0.15) is 0 Å². The van der Waals surface area contributed by atoms with Gasteiger partial charge in [0, 0.05) is 31.9 Å². The molecule has 1 unspecified atom stereocenters. The van der Waals surface area contributed by atoms with Crippen molar-refractivity contribution in [2.45, 2.75) is 19.0 Å². The van der Waals surface area contributed by atoms with Crippen LogP contribution in [0.1, 0.15) is 11.1 Å². The number of amides is 1. The minimum atomic E-state index is -0.114. The topological polar surface area (TPSA) is 65.0 Å². The summed E-state index contributed by atoms with van der Waals surface area (Å²) in [7, 11) is 3.68. The van der Waals surface area contributed by atoms with Crippen LogP contribution in [0.25, 0.3) is 0 Å². The van der Waals surface area contributed by atoms with Crippen LogP contribution in [-0.4, -0.2) is 67.3 Å². The molecule has 0 radical (unpaired) electrons. The Labute approximate surface area is 166 Å². The summed E-state index contributed by atoms with van der Waals surface area (Å²) in [6.45, 7) is 2.96. The standard InChI is InChI=1S/C22H29N3O3/c1-24-11-12-25(20(15-24)16-26)22(27)13-17-3-7-19(8-4-17)23-14-18-5-9-21(28-2)10-6-18/h3-10,20,23,26H,11-16H2,1-2H3. The molecule has 0 aromatic heterocycles. The maximum absolute atomic E-state index is 12.7. The molecule has 2 aromatic rings. The molecule has 1 amide bonds. The Morgan fingerprint density at radius 3 is 2.43 bits per heavy atom. The lowest BCUT2D eigenvalue weighted by Gasteiger charge is -2.39. The molecule has 0 aliphatic carbocycles. The molecule has 2 N–H and O–H groups in total. The Morgan fingerprint density at radius 2 is 1.79 bits per heavy atom. The number of carbonyl (C=O) groups excluding carboxylic acids is 1. The molecule has 0 spiro atoms. The van der Waals surface area contributed by atoms with E-state index in [-0.39, 0.29) is 18.6 Å². The average Bonchev–Trinajstić information content (AvgIpc) is 2.73. The summed E-state index contributed by atoms with van der Waals surface area (Å²) in [6.07, 6.45) is 0.360. The number of aliphatic hydroxyl groups excluding tert-OH is 1. The molecule has 6 nitrogen and oxygen atoms in total. The minimum absolute atomic E-state index is 0.00426. The number of benzene rings is 2. The molecular formula is C22H29N3O3. The third-order valence-electron chi connectivity index (χ3n) is 5.18. The number of likely N-dealkylation sites (N-methyl/N-ethyl adjacent to an activating group) is 1. The summed E-state index contributed by atoms with van der Waals surface area (Å²) in [5.74, 6) is 0.924. The van der Waals surface area contributed by atoms with Crippen LogP contribution < -0.4 is 10.1 Å². The largest absolute Gasteiger partial charge is 0.497 e. The number of ether oxygens (including phenoxy) is 1. The highest BCUT2D eigenvalue weighted by atomic mass is 16.5. The number of carbonyl (C=O) groups is 1. The highest BCUT2D eigenvalue weighted by Crippen LogP contribution is 2.16. The van der Waals surface area contributed by atoms with Gasteiger partial charge in [0.1, 0.15) is 5.75 Å². The molecule has 2 aromatic carbocycles. The van der Waals surface area contributed by atoms with Gasteiger partial charge in [0.25, 0.3) is 0 Å². The highest BCUT2D eigenvalue weighted by Gasteiger charge is 2.28. The molecule has 6 heteroatoms. The fraction of sp³-hybridized carbons (Fsp3) is 0.409. The second-order valence-corrected chi connectivity index (χ2v) is 7.26. The van der Waals surface area contributed by atoms with Gasteiger partial charge < -0.3 is 25.0 Å². The van der Waals surface area contributed by atoms with E-state index >= 15 is 0 Å². The molecule has 1 fully saturated rings. The van der Waals surface area contributed by atoms with Crippen molar-refractivity contribution >= 4 is 11.6 Å². The molecule has 1 saturated heterocycles. The van der Waals surface area contributed by atoms with Crippen molar-refractivity contribution in [2.75, 3.05) is 45.7 Å². The zero-order valence-corrected chi connectivity index (χ0v) is 16.6. The smallest absolute Gasteiger partial charge is 0.227 e. The van der Waals surface area contributed by atoms with Crippen molar-refractivity contribution < 1.29 is 14.6 Å². The van der Waals surface area contributed by atoms with Crippen LogP contribution in [0.4, 0.5) is 5.69 Å². The van der Waals surface area contributed by atoms with E-state index in [4.69, 9.17) is 4.74 Å². The van der Waals surface area contributed by atoms with E-state index in [9.17, 15) is 9.90 Å². The second-order valence-electron chi connectivity index (χ2n) is 7.26. The van der Waals surface area contributed by atoms with E-state index in [1.807, 2.05) is 60.5 Å². The van der Waals surface area contributed by atoms with Crippen molar-refractivity contribution in [1.82, 2.24) is 9.80 Å². The van der Waals surface area contributed by atoms with E-state index in [1.165, 1.54) is 5.56 Å². The molecule has 1 aliphatic rings. The summed E-state index contributed by atoms with van der Waals surface area (Å²) in [6, 6.07) is 15.8. The van der Waals surface area contributed by atoms with Crippen molar-refractivity contribution in [3.8, 4) is 5.75 Å². The van der Waals surface area contributed by atoms with E-state index < -0.39 is 0 Å². The number of nitrogens with one attached hydrogen (secondary N) is 1. The van der Waals surface area contributed by atoms with Crippen molar-refractivity contribution in [3.05, 3.63) is 59.7 Å². The second kappa shape index (κ2) is 9.57. The molecule has 28 heavy (non-hydrogen) atoms. The Balaban J connectivity index is 1.52. The molecule has 1 heterocycles. The Hall–Kier alpha value is -2.57. The molecule has 0 bridgehead atoms. The number of hydrogen-bond donors (Lipinski definition) is 2. The third-order valence-corrected chi connectivity index (χ3v) is 5.18. The fourth-order valence-electron chi connectivity index (χ4n) is 3.46. The molecule has 0 saturated carbocycles. The zero-order chi connectivity index (χ0) is 19.9. The monoisotopic (exact) mass is 383 g/mol. The first-order valence-electron chi connectivity index (χ1n) is 9.63. The summed E-state index contributed by atoms with van der Waals surface area (Å²) in [4.78, 5) is 16.6. The van der Waals surface area contributed by atoms with E-state index in [1.54, 1.807) is 7.11 Å². The van der Waals surface area contributed by atoms with Gasteiger partial charge in [0.2, 0.25) is 5.91 Å². The lowest BCUT2D eigenvalue weighted by atomic mass is 10.1. The SMILES string of the molecule is COc1ccc(CNc2ccc(CC(=O)N3CCN(C)CC3CO)cc2)cc1. The van der Waals surface area contributed by atoms with Crippen LogP contribution >= 0.6 is 0 Å². The molecular weight excluding hydrogens is 354 g/mol. The zero-order valence-electron chi connectivity index (χ0n) is 16.6. The van der Waals surface area contributed by atoms with Crippen LogP contribution in [-0.2, 0) is 17.8 Å². The summed E-state index contributed by atoms with van der Waals surface area (Å²) in [5.41, 5.74) is 3.17. The van der Waals surface area contributed by atoms with Crippen molar-refractivity contribution in [3.63, 3.8) is 0 Å². The van der Waals surface area contributed by atoms with Gasteiger partial charge in [0.05, 0.1) is 26.2 Å². The Morgan fingerprint density at radius 1 is 1.11 bits per heavy atom. The molecule has 3 rings (SSSR count). The van der Waals surface area contributed by atoms with Gasteiger partial charge in [0.15, 0.2) is 0 Å². The van der Waals surface area contributed by atoms with Gasteiger partial charge in [-0.1, -0.05) is 24.3 Å². The molecule has 150 valence electrons. The van der Waals surface area contributed by atoms with E-state index in [2.05, 4.69) is 10.2 Å². The average molecular weight is 383 g/mol. The van der Waals surface area contributed by atoms with Crippen LogP contribution in [0.3, 0.4) is 0 Å². The number of methoxy groups -OCH3 is 1. The predicted octanol–water partition coefficient (Wildman–Crippen LogP) is 1.98. The first kappa shape index (κ1) is 20.2. The Kier molecular flexibility index (Phi) is 6.90. The number of aliphatic hydroxyl groups is 1. The number of anilines is 1. The normalized spacial score (nSPS) is 17.4. The fourth-order valence-corrected chi connectivity index (χ4v) is 3.46. The third kappa shape index (κ3) is 5.24. The molecule has 1 atom stereocenters. The number of hydrogen-bond acceptors (Lipinski definition) is 5. The molecule has 1 aliphatic heterocycles. The van der Waals surface area contributed by atoms with Crippen molar-refractivity contribution in [1.29, 1.82) is 0 Å².